The van der Waals surface area contributed by atoms with Gasteiger partial charge in [0.2, 0.25) is 13.3 Å². The maximum atomic E-state index is 13.0. The van der Waals surface area contributed by atoms with E-state index in [2.05, 4.69) is 0 Å². The van der Waals surface area contributed by atoms with Crippen LogP contribution in [0.2, 0.25) is 0 Å². The molecule has 0 aromatic rings. The first-order chi connectivity index (χ1) is 12.3. The summed E-state index contributed by atoms with van der Waals surface area (Å²) in [6.45, 7) is 5.55. The maximum absolute atomic E-state index is 13.0. The summed E-state index contributed by atoms with van der Waals surface area (Å²) in [7, 11) is -3.17. The molecule has 2 amide bonds. The van der Waals surface area contributed by atoms with Crippen molar-refractivity contribution in [1.82, 2.24) is 4.90 Å². The van der Waals surface area contributed by atoms with Crippen molar-refractivity contribution in [3.63, 3.8) is 0 Å². The molecule has 4 atom stereocenters. The number of ether oxygens (including phenoxy) is 2. The van der Waals surface area contributed by atoms with Gasteiger partial charge in [-0.2, -0.15) is 0 Å². The number of amides is 2. The summed E-state index contributed by atoms with van der Waals surface area (Å²) in [5, 5.41) is 0. The van der Waals surface area contributed by atoms with Gasteiger partial charge >= 0.3 is 5.97 Å². The van der Waals surface area contributed by atoms with E-state index in [1.54, 1.807) is 32.9 Å². The summed E-state index contributed by atoms with van der Waals surface area (Å²) in [4.78, 5) is 37.7. The lowest BCUT2D eigenvalue weighted by molar-refractivity contribution is -0.147. The van der Waals surface area contributed by atoms with Crippen molar-refractivity contribution in [2.45, 2.75) is 39.4 Å². The molecule has 2 heterocycles. The molecule has 4 unspecified atom stereocenters. The highest BCUT2D eigenvalue weighted by atomic mass is 31.2. The first kappa shape index (κ1) is 20.8. The molecule has 0 radical (unpaired) electrons. The highest BCUT2D eigenvalue weighted by molar-refractivity contribution is 7.59. The molecule has 0 N–H and O–H groups in total. The fraction of sp³-hybridized carbons (Fsp3) is 0.706. The van der Waals surface area contributed by atoms with E-state index in [4.69, 9.17) is 14.0 Å². The third kappa shape index (κ3) is 4.81. The minimum absolute atomic E-state index is 0.00550. The van der Waals surface area contributed by atoms with E-state index in [9.17, 15) is 18.9 Å². The minimum Gasteiger partial charge on any atom is -0.466 e. The van der Waals surface area contributed by atoms with Gasteiger partial charge in [0, 0.05) is 18.9 Å². The number of nitrogens with zero attached hydrogens (tertiary/aromatic N) is 1. The van der Waals surface area contributed by atoms with Gasteiger partial charge in [-0.3, -0.25) is 23.8 Å². The Morgan fingerprint density at radius 1 is 1.19 bits per heavy atom. The van der Waals surface area contributed by atoms with Gasteiger partial charge in [-0.25, -0.2) is 0 Å². The quantitative estimate of drug-likeness (QED) is 0.256. The van der Waals surface area contributed by atoms with Crippen LogP contribution in [-0.2, 0) is 32.9 Å². The van der Waals surface area contributed by atoms with E-state index in [0.717, 1.165) is 4.90 Å². The number of esters is 1. The zero-order valence-electron chi connectivity index (χ0n) is 15.4. The number of rotatable bonds is 9. The predicted octanol–water partition coefficient (Wildman–Crippen LogP) is 1.58. The van der Waals surface area contributed by atoms with E-state index < -0.39 is 37.4 Å². The summed E-state index contributed by atoms with van der Waals surface area (Å²) >= 11 is 0. The van der Waals surface area contributed by atoms with Crippen molar-refractivity contribution in [2.24, 2.45) is 5.92 Å². The second kappa shape index (κ2) is 8.93. The van der Waals surface area contributed by atoms with Gasteiger partial charge in [-0.1, -0.05) is 13.0 Å². The molecule has 0 aromatic heterocycles. The van der Waals surface area contributed by atoms with E-state index in [0.29, 0.717) is 0 Å². The molecule has 2 bridgehead atoms. The van der Waals surface area contributed by atoms with Gasteiger partial charge in [0.15, 0.2) is 6.10 Å². The normalized spacial score (nSPS) is 27.3. The van der Waals surface area contributed by atoms with Crippen molar-refractivity contribution in [1.29, 1.82) is 0 Å². The predicted molar refractivity (Wildman–Crippen MR) is 93.9 cm³/mol. The van der Waals surface area contributed by atoms with Gasteiger partial charge in [-0.05, 0) is 19.9 Å². The first-order valence-electron chi connectivity index (χ1n) is 8.88. The molecule has 2 rings (SSSR count). The molecular formula is C17H26NO7P. The Balaban J connectivity index is 2.03. The number of imide groups is 1. The van der Waals surface area contributed by atoms with Crippen LogP contribution in [0.15, 0.2) is 12.2 Å². The average Bonchev–Trinajstić information content (AvgIpc) is 3.07. The fourth-order valence-electron chi connectivity index (χ4n) is 2.99. The van der Waals surface area contributed by atoms with Crippen molar-refractivity contribution in [3.05, 3.63) is 12.2 Å². The number of carbonyl (C=O) groups is 3. The van der Waals surface area contributed by atoms with Crippen LogP contribution in [0.25, 0.3) is 0 Å². The molecule has 2 aliphatic rings. The zero-order valence-corrected chi connectivity index (χ0v) is 16.3. The number of hydrogen-bond donors (Lipinski definition) is 0. The van der Waals surface area contributed by atoms with Gasteiger partial charge in [0.05, 0.1) is 31.7 Å². The molecule has 0 aromatic carbocycles. The second-order valence-electron chi connectivity index (χ2n) is 6.26. The van der Waals surface area contributed by atoms with E-state index in [1.807, 2.05) is 0 Å². The van der Waals surface area contributed by atoms with E-state index in [1.165, 1.54) is 0 Å². The Hall–Kier alpha value is -1.50. The van der Waals surface area contributed by atoms with Crippen LogP contribution in [0, 0.1) is 5.92 Å². The number of carbonyl (C=O) groups excluding carboxylic acids is 3. The average molecular weight is 387 g/mol. The highest BCUT2D eigenvalue weighted by Gasteiger charge is 2.43. The molecule has 1 fully saturated rings. The van der Waals surface area contributed by atoms with Crippen molar-refractivity contribution >= 4 is 25.2 Å². The summed E-state index contributed by atoms with van der Waals surface area (Å²) in [5.74, 6) is -1.74. The van der Waals surface area contributed by atoms with Crippen LogP contribution in [-0.4, -0.2) is 67.0 Å². The topological polar surface area (TPSA) is 99.2 Å². The first-order valence-corrected chi connectivity index (χ1v) is 10.9. The Kier molecular flexibility index (Phi) is 7.15. The van der Waals surface area contributed by atoms with Crippen molar-refractivity contribution < 1.29 is 32.9 Å². The maximum Gasteiger partial charge on any atom is 0.306 e. The summed E-state index contributed by atoms with van der Waals surface area (Å²) < 4.78 is 28.8. The van der Waals surface area contributed by atoms with E-state index >= 15 is 0 Å². The fourth-order valence-corrected chi connectivity index (χ4v) is 4.97. The lowest BCUT2D eigenvalue weighted by Crippen LogP contribution is -2.44. The van der Waals surface area contributed by atoms with Crippen LogP contribution in [0.1, 0.15) is 27.2 Å². The highest BCUT2D eigenvalue weighted by Crippen LogP contribution is 2.47. The molecular weight excluding hydrogens is 361 g/mol. The SMILES string of the molecule is CCOC(=O)CCP(=O)(CCN1C(=O)C2C=CC(O2)C(C)C1=O)OCC. The van der Waals surface area contributed by atoms with Crippen LogP contribution >= 0.6 is 7.37 Å². The number of fused-ring (bicyclic) bond motifs is 2. The Bertz CT molecular complexity index is 633. The zero-order chi connectivity index (χ0) is 19.3. The summed E-state index contributed by atoms with van der Waals surface area (Å²) in [5.41, 5.74) is 0. The standard InChI is InChI=1S/C17H26NO7P/c1-4-23-15(19)8-10-26(22,24-5-2)11-9-18-16(20)12(3)13-6-7-14(25-13)17(18)21/h6-7,12-14H,4-5,8-11H2,1-3H3. The Morgan fingerprint density at radius 3 is 2.58 bits per heavy atom. The third-order valence-electron chi connectivity index (χ3n) is 4.43. The molecule has 0 spiro atoms. The van der Waals surface area contributed by atoms with Crippen LogP contribution in [0.5, 0.6) is 0 Å². The van der Waals surface area contributed by atoms with Gasteiger partial charge in [-0.15, -0.1) is 0 Å². The summed E-state index contributed by atoms with van der Waals surface area (Å²) in [6.07, 6.45) is 2.18. The van der Waals surface area contributed by atoms with Crippen molar-refractivity contribution in [3.8, 4) is 0 Å². The molecule has 146 valence electrons. The third-order valence-corrected chi connectivity index (χ3v) is 6.94. The summed E-state index contributed by atoms with van der Waals surface area (Å²) in [6, 6.07) is 0. The monoisotopic (exact) mass is 387 g/mol. The second-order valence-corrected chi connectivity index (χ2v) is 9.04. The van der Waals surface area contributed by atoms with Crippen molar-refractivity contribution in [2.75, 3.05) is 32.1 Å². The van der Waals surface area contributed by atoms with Crippen LogP contribution in [0.4, 0.5) is 0 Å². The molecule has 26 heavy (non-hydrogen) atoms. The molecule has 1 saturated heterocycles. The molecule has 9 heteroatoms. The lowest BCUT2D eigenvalue weighted by Gasteiger charge is -2.25. The molecule has 0 aliphatic carbocycles. The number of hydrogen-bond acceptors (Lipinski definition) is 7. The Labute approximate surface area is 153 Å². The molecule has 2 aliphatic heterocycles. The lowest BCUT2D eigenvalue weighted by atomic mass is 10.0. The molecule has 0 saturated carbocycles. The van der Waals surface area contributed by atoms with Gasteiger partial charge in [0.1, 0.15) is 0 Å². The van der Waals surface area contributed by atoms with Crippen LogP contribution in [0.3, 0.4) is 0 Å². The Morgan fingerprint density at radius 2 is 1.92 bits per heavy atom. The van der Waals surface area contributed by atoms with E-state index in [-0.39, 0.29) is 44.4 Å². The van der Waals surface area contributed by atoms with Crippen LogP contribution < -0.4 is 0 Å². The molecule has 8 nitrogen and oxygen atoms in total. The minimum atomic E-state index is -3.17. The van der Waals surface area contributed by atoms with Gasteiger partial charge in [0.25, 0.3) is 5.91 Å². The smallest absolute Gasteiger partial charge is 0.306 e. The largest absolute Gasteiger partial charge is 0.466 e. The van der Waals surface area contributed by atoms with Gasteiger partial charge < -0.3 is 14.0 Å².